The second-order valence-corrected chi connectivity index (χ2v) is 7.49. The molecule has 0 unspecified atom stereocenters. The molecule has 0 heterocycles. The summed E-state index contributed by atoms with van der Waals surface area (Å²) in [6, 6.07) is 21.2. The highest BCUT2D eigenvalue weighted by atomic mass is 31.1. The second kappa shape index (κ2) is 13.4. The lowest BCUT2D eigenvalue weighted by molar-refractivity contribution is 0.107. The zero-order chi connectivity index (χ0) is 16.8. The van der Waals surface area contributed by atoms with Crippen molar-refractivity contribution in [2.45, 2.75) is 20.8 Å². The molecule has 0 radical (unpaired) electrons. The van der Waals surface area contributed by atoms with Crippen LogP contribution in [0, 0.1) is 0 Å². The molecule has 2 rings (SSSR count). The van der Waals surface area contributed by atoms with Crippen LogP contribution in [0.5, 0.6) is 0 Å². The first-order chi connectivity index (χ1) is 11.3. The summed E-state index contributed by atoms with van der Waals surface area (Å²) in [5, 5.41) is 2.79. The molecule has 0 N–H and O–H groups in total. The molecule has 0 amide bonds. The SMILES string of the molecule is CCO[SiH](OCC)OCC.c1ccc(Pc2ccccc2)cc1. The number of rotatable bonds is 8. The lowest BCUT2D eigenvalue weighted by atomic mass is 10.4. The molecule has 0 fully saturated rings. The molecule has 0 aliphatic rings. The molecule has 0 saturated heterocycles. The van der Waals surface area contributed by atoms with E-state index < -0.39 is 9.53 Å². The fraction of sp³-hybridized carbons (Fsp3) is 0.333. The molecule has 0 aliphatic heterocycles. The molecule has 0 spiro atoms. The van der Waals surface area contributed by atoms with Gasteiger partial charge in [0.1, 0.15) is 0 Å². The molecule has 3 nitrogen and oxygen atoms in total. The van der Waals surface area contributed by atoms with E-state index in [0.29, 0.717) is 19.8 Å². The van der Waals surface area contributed by atoms with Gasteiger partial charge in [-0.1, -0.05) is 69.2 Å². The minimum Gasteiger partial charge on any atom is -0.376 e. The summed E-state index contributed by atoms with van der Waals surface area (Å²) < 4.78 is 15.7. The Balaban J connectivity index is 0.000000241. The van der Waals surface area contributed by atoms with Gasteiger partial charge in [-0.25, -0.2) is 0 Å². The van der Waals surface area contributed by atoms with Gasteiger partial charge < -0.3 is 13.3 Å². The van der Waals surface area contributed by atoms with Crippen molar-refractivity contribution >= 4 is 28.7 Å². The van der Waals surface area contributed by atoms with E-state index in [1.54, 1.807) is 0 Å². The number of hydrogen-bond donors (Lipinski definition) is 0. The monoisotopic (exact) mass is 350 g/mol. The largest absolute Gasteiger partial charge is 0.484 e. The van der Waals surface area contributed by atoms with Crippen LogP contribution in [0.4, 0.5) is 0 Å². The highest BCUT2D eigenvalue weighted by Crippen LogP contribution is 2.08. The Morgan fingerprint density at radius 3 is 1.30 bits per heavy atom. The smallest absolute Gasteiger partial charge is 0.376 e. The average molecular weight is 350 g/mol. The predicted octanol–water partition coefficient (Wildman–Crippen LogP) is 3.13. The number of benzene rings is 2. The third-order valence-electron chi connectivity index (χ3n) is 2.74. The lowest BCUT2D eigenvalue weighted by Crippen LogP contribution is -2.27. The summed E-state index contributed by atoms with van der Waals surface area (Å²) in [5.41, 5.74) is 0. The van der Waals surface area contributed by atoms with E-state index in [1.807, 2.05) is 20.8 Å². The van der Waals surface area contributed by atoms with Crippen LogP contribution in [0.3, 0.4) is 0 Å². The quantitative estimate of drug-likeness (QED) is 0.541. The lowest BCUT2D eigenvalue weighted by Gasteiger charge is -2.12. The highest BCUT2D eigenvalue weighted by molar-refractivity contribution is 7.55. The first-order valence-electron chi connectivity index (χ1n) is 8.02. The minimum absolute atomic E-state index is 0.677. The Hall–Kier alpha value is -1.03. The predicted molar refractivity (Wildman–Crippen MR) is 102 cm³/mol. The minimum atomic E-state index is -1.73. The van der Waals surface area contributed by atoms with Gasteiger partial charge in [-0.2, -0.15) is 0 Å². The first-order valence-corrected chi connectivity index (χ1v) is 10.4. The van der Waals surface area contributed by atoms with Crippen LogP contribution < -0.4 is 10.6 Å². The standard InChI is InChI=1S/C12H11P.C6H16O3Si/c1-3-7-11(8-4-1)13-12-9-5-2-6-10-12;1-4-7-10(8-5-2)9-6-3/h1-10,13H;10H,4-6H2,1-3H3. The molecule has 0 atom stereocenters. The van der Waals surface area contributed by atoms with Gasteiger partial charge in [0, 0.05) is 19.8 Å². The summed E-state index contributed by atoms with van der Waals surface area (Å²) in [7, 11) is -0.957. The van der Waals surface area contributed by atoms with Crippen molar-refractivity contribution in [3.05, 3.63) is 60.7 Å². The Morgan fingerprint density at radius 2 is 1.00 bits per heavy atom. The zero-order valence-corrected chi connectivity index (χ0v) is 16.4. The maximum Gasteiger partial charge on any atom is 0.484 e. The zero-order valence-electron chi connectivity index (χ0n) is 14.2. The number of hydrogen-bond acceptors (Lipinski definition) is 3. The van der Waals surface area contributed by atoms with Gasteiger partial charge >= 0.3 is 9.53 Å². The van der Waals surface area contributed by atoms with Crippen molar-refractivity contribution in [3.63, 3.8) is 0 Å². The van der Waals surface area contributed by atoms with Crippen LogP contribution in [0.2, 0.25) is 0 Å². The van der Waals surface area contributed by atoms with Crippen molar-refractivity contribution in [3.8, 4) is 0 Å². The van der Waals surface area contributed by atoms with E-state index in [-0.39, 0.29) is 0 Å². The van der Waals surface area contributed by atoms with Gasteiger partial charge in [0.25, 0.3) is 0 Å². The van der Waals surface area contributed by atoms with E-state index in [9.17, 15) is 0 Å². The van der Waals surface area contributed by atoms with Crippen LogP contribution in [0.25, 0.3) is 0 Å². The molecule has 2 aromatic rings. The summed E-state index contributed by atoms with van der Waals surface area (Å²) in [5.74, 6) is 0. The van der Waals surface area contributed by atoms with Crippen LogP contribution in [0.15, 0.2) is 60.7 Å². The van der Waals surface area contributed by atoms with Crippen LogP contribution in [0.1, 0.15) is 20.8 Å². The van der Waals surface area contributed by atoms with Crippen molar-refractivity contribution < 1.29 is 13.3 Å². The van der Waals surface area contributed by atoms with Crippen molar-refractivity contribution in [2.75, 3.05) is 19.8 Å². The molecule has 0 aliphatic carbocycles. The Morgan fingerprint density at radius 1 is 0.652 bits per heavy atom. The highest BCUT2D eigenvalue weighted by Gasteiger charge is 2.11. The molecule has 0 saturated carbocycles. The third kappa shape index (κ3) is 9.64. The maximum atomic E-state index is 5.22. The summed E-state index contributed by atoms with van der Waals surface area (Å²) in [4.78, 5) is 0. The van der Waals surface area contributed by atoms with E-state index in [0.717, 1.165) is 8.58 Å². The van der Waals surface area contributed by atoms with Gasteiger partial charge in [-0.3, -0.25) is 0 Å². The molecule has 0 bridgehead atoms. The molecular weight excluding hydrogens is 323 g/mol. The fourth-order valence-electron chi connectivity index (χ4n) is 1.76. The van der Waals surface area contributed by atoms with Crippen LogP contribution in [-0.2, 0) is 13.3 Å². The first kappa shape index (κ1) is 20.0. The van der Waals surface area contributed by atoms with Gasteiger partial charge in [0.2, 0.25) is 0 Å². The molecule has 23 heavy (non-hydrogen) atoms. The average Bonchev–Trinajstić information content (AvgIpc) is 2.58. The van der Waals surface area contributed by atoms with Gasteiger partial charge in [0.15, 0.2) is 0 Å². The van der Waals surface area contributed by atoms with E-state index >= 15 is 0 Å². The molecule has 126 valence electrons. The fourth-order valence-corrected chi connectivity index (χ4v) is 3.92. The van der Waals surface area contributed by atoms with Crippen molar-refractivity contribution in [2.24, 2.45) is 0 Å². The van der Waals surface area contributed by atoms with E-state index in [2.05, 4.69) is 60.7 Å². The summed E-state index contributed by atoms with van der Waals surface area (Å²) in [6.07, 6.45) is 0. The van der Waals surface area contributed by atoms with Gasteiger partial charge in [0.05, 0.1) is 0 Å². The Bertz CT molecular complexity index is 444. The third-order valence-corrected chi connectivity index (χ3v) is 5.81. The summed E-state index contributed by atoms with van der Waals surface area (Å²) >= 11 is 0. The maximum absolute atomic E-state index is 5.22. The molecule has 0 aromatic heterocycles. The van der Waals surface area contributed by atoms with E-state index in [4.69, 9.17) is 13.3 Å². The second-order valence-electron chi connectivity index (χ2n) is 4.51. The van der Waals surface area contributed by atoms with Gasteiger partial charge in [-0.05, 0) is 31.4 Å². The topological polar surface area (TPSA) is 27.7 Å². The summed E-state index contributed by atoms with van der Waals surface area (Å²) in [6.45, 7) is 7.86. The molecule has 2 aromatic carbocycles. The normalized spacial score (nSPS) is 10.3. The van der Waals surface area contributed by atoms with Crippen LogP contribution in [-0.4, -0.2) is 29.3 Å². The molecular formula is C18H27O3PSi. The van der Waals surface area contributed by atoms with Crippen molar-refractivity contribution in [1.82, 2.24) is 0 Å². The van der Waals surface area contributed by atoms with E-state index in [1.165, 1.54) is 10.6 Å². The van der Waals surface area contributed by atoms with Gasteiger partial charge in [-0.15, -0.1) is 0 Å². The Kier molecular flexibility index (Phi) is 11.7. The Labute approximate surface area is 143 Å². The molecule has 5 heteroatoms. The van der Waals surface area contributed by atoms with Crippen LogP contribution >= 0.6 is 8.58 Å². The van der Waals surface area contributed by atoms with Crippen molar-refractivity contribution in [1.29, 1.82) is 0 Å².